The molecule has 1 aromatic rings. The fraction of sp³-hybridized carbons (Fsp3) is 0.0909. The number of benzene rings is 1. The van der Waals surface area contributed by atoms with Crippen LogP contribution in [0, 0.1) is 34.3 Å². The maximum absolute atomic E-state index is 13.3. The predicted molar refractivity (Wildman–Crippen MR) is 50.6 cm³/mol. The van der Waals surface area contributed by atoms with E-state index >= 15 is 0 Å². The molecule has 92 valence electrons. The topological polar surface area (TPSA) is 47.6 Å². The van der Waals surface area contributed by atoms with Gasteiger partial charge in [-0.25, -0.2) is 8.78 Å². The summed E-state index contributed by atoms with van der Waals surface area (Å²) in [7, 11) is 0. The largest absolute Gasteiger partial charge is 0.419 e. The molecule has 2 nitrogen and oxygen atoms in total. The number of hydrogen-bond acceptors (Lipinski definition) is 2. The average Bonchev–Trinajstić information content (AvgIpc) is 2.29. The third kappa shape index (κ3) is 2.64. The zero-order valence-corrected chi connectivity index (χ0v) is 8.52. The van der Waals surface area contributed by atoms with E-state index in [4.69, 9.17) is 10.5 Å². The summed E-state index contributed by atoms with van der Waals surface area (Å²) < 4.78 is 63.1. The maximum Gasteiger partial charge on any atom is 0.419 e. The van der Waals surface area contributed by atoms with E-state index in [0.717, 1.165) is 0 Å². The molecule has 0 aliphatic rings. The summed E-state index contributed by atoms with van der Waals surface area (Å²) in [5.41, 5.74) is -2.89. The number of nitriles is 2. The van der Waals surface area contributed by atoms with Crippen molar-refractivity contribution in [2.75, 3.05) is 0 Å². The lowest BCUT2D eigenvalue weighted by atomic mass is 10.1. The van der Waals surface area contributed by atoms with E-state index < -0.39 is 34.5 Å². The first-order valence-corrected chi connectivity index (χ1v) is 4.38. The molecule has 18 heavy (non-hydrogen) atoms. The lowest BCUT2D eigenvalue weighted by Crippen LogP contribution is -2.10. The molecule has 0 aliphatic carbocycles. The Hall–Kier alpha value is -2.41. The molecular formula is C11H3F5N2. The number of allylic oxidation sites excluding steroid dienone is 1. The Morgan fingerprint density at radius 1 is 1.06 bits per heavy atom. The van der Waals surface area contributed by atoms with Gasteiger partial charge in [0.05, 0.1) is 5.56 Å². The Morgan fingerprint density at radius 3 is 2.06 bits per heavy atom. The number of alkyl halides is 3. The van der Waals surface area contributed by atoms with Gasteiger partial charge in [0.25, 0.3) is 0 Å². The van der Waals surface area contributed by atoms with Crippen LogP contribution in [-0.4, -0.2) is 0 Å². The molecule has 0 saturated carbocycles. The molecule has 7 heteroatoms. The van der Waals surface area contributed by atoms with Crippen LogP contribution in [0.3, 0.4) is 0 Å². The van der Waals surface area contributed by atoms with Crippen molar-refractivity contribution in [2.24, 2.45) is 0 Å². The van der Waals surface area contributed by atoms with Crippen LogP contribution in [0.1, 0.15) is 11.1 Å². The molecule has 0 aliphatic heterocycles. The van der Waals surface area contributed by atoms with Crippen LogP contribution >= 0.6 is 0 Å². The monoisotopic (exact) mass is 258 g/mol. The molecule has 0 amide bonds. The van der Waals surface area contributed by atoms with Crippen molar-refractivity contribution >= 4 is 6.08 Å². The highest BCUT2D eigenvalue weighted by Gasteiger charge is 2.35. The zero-order valence-electron chi connectivity index (χ0n) is 8.52. The van der Waals surface area contributed by atoms with Gasteiger partial charge in [-0.3, -0.25) is 0 Å². The Morgan fingerprint density at radius 2 is 1.61 bits per heavy atom. The minimum atomic E-state index is -5.01. The second kappa shape index (κ2) is 4.84. The van der Waals surface area contributed by atoms with Crippen LogP contribution in [0.4, 0.5) is 22.0 Å². The Kier molecular flexibility index (Phi) is 3.67. The zero-order chi connectivity index (χ0) is 13.9. The average molecular weight is 258 g/mol. The predicted octanol–water partition coefficient (Wildman–Crippen LogP) is 3.41. The molecule has 1 rings (SSSR count). The van der Waals surface area contributed by atoms with Gasteiger partial charge in [0.15, 0.2) is 11.6 Å². The SMILES string of the molecule is N#CC(C#N)=Cc1ccc(C(F)(F)F)c(F)c1F. The van der Waals surface area contributed by atoms with E-state index in [-0.39, 0.29) is 0 Å². The number of hydrogen-bond donors (Lipinski definition) is 0. The summed E-state index contributed by atoms with van der Waals surface area (Å²) in [6.45, 7) is 0. The highest BCUT2D eigenvalue weighted by atomic mass is 19.4. The molecular weight excluding hydrogens is 255 g/mol. The van der Waals surface area contributed by atoms with Crippen LogP contribution in [0.25, 0.3) is 6.08 Å². The Labute approximate surface area is 98.2 Å². The third-order valence-electron chi connectivity index (χ3n) is 1.96. The fourth-order valence-electron chi connectivity index (χ4n) is 1.14. The first-order chi connectivity index (χ1) is 8.31. The van der Waals surface area contributed by atoms with Gasteiger partial charge in [-0.2, -0.15) is 23.7 Å². The second-order valence-electron chi connectivity index (χ2n) is 3.11. The first kappa shape index (κ1) is 13.7. The van der Waals surface area contributed by atoms with Crippen LogP contribution in [-0.2, 0) is 6.18 Å². The molecule has 0 saturated heterocycles. The number of nitrogens with zero attached hydrogens (tertiary/aromatic N) is 2. The maximum atomic E-state index is 13.3. The Balaban J connectivity index is 3.40. The summed E-state index contributed by atoms with van der Waals surface area (Å²) in [6, 6.07) is 3.75. The highest BCUT2D eigenvalue weighted by Crippen LogP contribution is 2.33. The van der Waals surface area contributed by atoms with E-state index in [1.165, 1.54) is 12.1 Å². The third-order valence-corrected chi connectivity index (χ3v) is 1.96. The number of halogens is 5. The molecule has 0 unspecified atom stereocenters. The molecule has 0 fully saturated rings. The summed E-state index contributed by atoms with van der Waals surface area (Å²) >= 11 is 0. The van der Waals surface area contributed by atoms with E-state index in [0.29, 0.717) is 18.2 Å². The number of rotatable bonds is 1. The standard InChI is InChI=1S/C11H3F5N2/c12-9-7(3-6(4-17)5-18)1-2-8(10(9)13)11(14,15)16/h1-3H. The van der Waals surface area contributed by atoms with Crippen molar-refractivity contribution in [3.8, 4) is 12.1 Å². The van der Waals surface area contributed by atoms with Gasteiger partial charge in [-0.15, -0.1) is 0 Å². The Bertz CT molecular complexity index is 571. The van der Waals surface area contributed by atoms with Crippen LogP contribution in [0.5, 0.6) is 0 Å². The van der Waals surface area contributed by atoms with E-state index in [2.05, 4.69) is 0 Å². The van der Waals surface area contributed by atoms with Crippen LogP contribution < -0.4 is 0 Å². The van der Waals surface area contributed by atoms with Crippen molar-refractivity contribution in [2.45, 2.75) is 6.18 Å². The van der Waals surface area contributed by atoms with Crippen molar-refractivity contribution in [1.29, 1.82) is 10.5 Å². The van der Waals surface area contributed by atoms with Gasteiger partial charge in [0.1, 0.15) is 17.7 Å². The summed E-state index contributed by atoms with van der Waals surface area (Å²) in [4.78, 5) is 0. The van der Waals surface area contributed by atoms with Gasteiger partial charge >= 0.3 is 6.18 Å². The van der Waals surface area contributed by atoms with Gasteiger partial charge < -0.3 is 0 Å². The fourth-order valence-corrected chi connectivity index (χ4v) is 1.14. The second-order valence-corrected chi connectivity index (χ2v) is 3.11. The van der Waals surface area contributed by atoms with E-state index in [9.17, 15) is 22.0 Å². The highest BCUT2D eigenvalue weighted by molar-refractivity contribution is 5.62. The minimum absolute atomic E-state index is 0.344. The van der Waals surface area contributed by atoms with Gasteiger partial charge in [0, 0.05) is 5.56 Å². The smallest absolute Gasteiger partial charge is 0.203 e. The molecule has 0 atom stereocenters. The summed E-state index contributed by atoms with van der Waals surface area (Å²) in [5, 5.41) is 16.8. The van der Waals surface area contributed by atoms with E-state index in [1.54, 1.807) is 0 Å². The van der Waals surface area contributed by atoms with E-state index in [1.807, 2.05) is 0 Å². The minimum Gasteiger partial charge on any atom is -0.203 e. The first-order valence-electron chi connectivity index (χ1n) is 4.38. The molecule has 0 bridgehead atoms. The quantitative estimate of drug-likeness (QED) is 0.572. The molecule has 1 aromatic carbocycles. The van der Waals surface area contributed by atoms with Crippen molar-refractivity contribution in [1.82, 2.24) is 0 Å². The van der Waals surface area contributed by atoms with Crippen LogP contribution in [0.15, 0.2) is 17.7 Å². The molecule has 0 spiro atoms. The molecule has 0 N–H and O–H groups in total. The van der Waals surface area contributed by atoms with Crippen LogP contribution in [0.2, 0.25) is 0 Å². The van der Waals surface area contributed by atoms with Gasteiger partial charge in [-0.1, -0.05) is 6.07 Å². The molecule has 0 aromatic heterocycles. The normalized spacial score (nSPS) is 10.4. The molecule has 0 radical (unpaired) electrons. The molecule has 0 heterocycles. The summed E-state index contributed by atoms with van der Waals surface area (Å²) in [6.07, 6.45) is -4.35. The van der Waals surface area contributed by atoms with Crippen molar-refractivity contribution in [3.63, 3.8) is 0 Å². The van der Waals surface area contributed by atoms with Gasteiger partial charge in [0.2, 0.25) is 0 Å². The summed E-state index contributed by atoms with van der Waals surface area (Å²) in [5.74, 6) is -3.82. The van der Waals surface area contributed by atoms with Crippen molar-refractivity contribution < 1.29 is 22.0 Å². The van der Waals surface area contributed by atoms with Crippen molar-refractivity contribution in [3.05, 3.63) is 40.5 Å². The van der Waals surface area contributed by atoms with Gasteiger partial charge in [-0.05, 0) is 12.1 Å². The lowest BCUT2D eigenvalue weighted by molar-refractivity contribution is -0.140. The lowest BCUT2D eigenvalue weighted by Gasteiger charge is -2.09.